The smallest absolute Gasteiger partial charge is 0.0645 e. The minimum absolute atomic E-state index is 0.268. The van der Waals surface area contributed by atoms with Gasteiger partial charge >= 0.3 is 0 Å². The molecule has 0 fully saturated rings. The Labute approximate surface area is 114 Å². The lowest BCUT2D eigenvalue weighted by atomic mass is 10.1. The van der Waals surface area contributed by atoms with Crippen molar-refractivity contribution in [1.82, 2.24) is 15.1 Å². The van der Waals surface area contributed by atoms with Crippen LogP contribution in [0, 0.1) is 0 Å². The highest BCUT2D eigenvalue weighted by atomic mass is 16.2. The maximum absolute atomic E-state index is 8.79. The lowest BCUT2D eigenvalue weighted by Gasteiger charge is -2.13. The summed E-state index contributed by atoms with van der Waals surface area (Å²) in [5.74, 6) is 0. The van der Waals surface area contributed by atoms with Crippen molar-refractivity contribution in [3.8, 4) is 5.69 Å². The van der Waals surface area contributed by atoms with Crippen molar-refractivity contribution in [2.45, 2.75) is 32.4 Å². The van der Waals surface area contributed by atoms with E-state index < -0.39 is 0 Å². The first kappa shape index (κ1) is 13.8. The van der Waals surface area contributed by atoms with Crippen molar-refractivity contribution in [3.63, 3.8) is 0 Å². The quantitative estimate of drug-likeness (QED) is 0.801. The lowest BCUT2D eigenvalue weighted by Crippen LogP contribution is -2.25. The molecule has 1 atom stereocenters. The fraction of sp³-hybridized carbons (Fsp3) is 0.400. The number of nitrogens with one attached hydrogen (secondary N) is 1. The number of hydrogen-bond acceptors (Lipinski definition) is 3. The van der Waals surface area contributed by atoms with Crippen LogP contribution < -0.4 is 5.32 Å². The molecule has 0 bridgehead atoms. The third-order valence-electron chi connectivity index (χ3n) is 3.16. The minimum atomic E-state index is 0.268. The molecular formula is C15H21N3O. The van der Waals surface area contributed by atoms with Crippen molar-refractivity contribution in [2.24, 2.45) is 0 Å². The lowest BCUT2D eigenvalue weighted by molar-refractivity contribution is 0.276. The SMILES string of the molecule is CC(CCCO)NCc1ccc(-n2cccn2)cc1. The summed E-state index contributed by atoms with van der Waals surface area (Å²) in [6.45, 7) is 3.27. The molecule has 1 heterocycles. The first-order valence-electron chi connectivity index (χ1n) is 6.73. The molecule has 2 N–H and O–H groups in total. The summed E-state index contributed by atoms with van der Waals surface area (Å²) in [7, 11) is 0. The van der Waals surface area contributed by atoms with Gasteiger partial charge < -0.3 is 10.4 Å². The van der Waals surface area contributed by atoms with Crippen LogP contribution in [0.1, 0.15) is 25.3 Å². The molecule has 1 aromatic heterocycles. The largest absolute Gasteiger partial charge is 0.396 e. The molecular weight excluding hydrogens is 238 g/mol. The number of aromatic nitrogens is 2. The Hall–Kier alpha value is -1.65. The van der Waals surface area contributed by atoms with Gasteiger partial charge in [0.05, 0.1) is 5.69 Å². The average Bonchev–Trinajstić information content (AvgIpc) is 2.97. The number of benzene rings is 1. The first-order chi connectivity index (χ1) is 9.29. The molecule has 0 saturated heterocycles. The van der Waals surface area contributed by atoms with Crippen molar-refractivity contribution in [1.29, 1.82) is 0 Å². The summed E-state index contributed by atoms with van der Waals surface area (Å²) < 4.78 is 1.85. The molecule has 1 unspecified atom stereocenters. The topological polar surface area (TPSA) is 50.1 Å². The zero-order valence-corrected chi connectivity index (χ0v) is 11.3. The van der Waals surface area contributed by atoms with E-state index in [0.717, 1.165) is 25.1 Å². The molecule has 0 saturated carbocycles. The minimum Gasteiger partial charge on any atom is -0.396 e. The summed E-state index contributed by atoms with van der Waals surface area (Å²) in [6, 6.07) is 10.7. The monoisotopic (exact) mass is 259 g/mol. The van der Waals surface area contributed by atoms with Gasteiger partial charge in [0, 0.05) is 31.6 Å². The van der Waals surface area contributed by atoms with E-state index in [9.17, 15) is 0 Å². The molecule has 0 aliphatic carbocycles. The normalized spacial score (nSPS) is 12.5. The van der Waals surface area contributed by atoms with Crippen LogP contribution in [-0.2, 0) is 6.54 Å². The predicted octanol–water partition coefficient (Wildman–Crippen LogP) is 2.12. The average molecular weight is 259 g/mol. The Morgan fingerprint density at radius 3 is 2.74 bits per heavy atom. The fourth-order valence-corrected chi connectivity index (χ4v) is 1.98. The molecule has 0 aliphatic rings. The summed E-state index contributed by atoms with van der Waals surface area (Å²) in [5.41, 5.74) is 2.33. The molecule has 1 aromatic carbocycles. The van der Waals surface area contributed by atoms with Crippen LogP contribution >= 0.6 is 0 Å². The molecule has 0 radical (unpaired) electrons. The van der Waals surface area contributed by atoms with E-state index in [1.165, 1.54) is 5.56 Å². The third-order valence-corrected chi connectivity index (χ3v) is 3.16. The van der Waals surface area contributed by atoms with Gasteiger partial charge in [-0.05, 0) is 43.5 Å². The second kappa shape index (κ2) is 7.07. The van der Waals surface area contributed by atoms with E-state index >= 15 is 0 Å². The van der Waals surface area contributed by atoms with E-state index in [4.69, 9.17) is 5.11 Å². The van der Waals surface area contributed by atoms with Gasteiger partial charge in [-0.1, -0.05) is 12.1 Å². The highest BCUT2D eigenvalue weighted by molar-refractivity contribution is 5.33. The molecule has 0 spiro atoms. The van der Waals surface area contributed by atoms with Crippen LogP contribution in [-0.4, -0.2) is 27.5 Å². The Morgan fingerprint density at radius 1 is 1.32 bits per heavy atom. The standard InChI is InChI=1S/C15H21N3O/c1-13(4-2-11-19)16-12-14-5-7-15(8-6-14)18-10-3-9-17-18/h3,5-10,13,16,19H,2,4,11-12H2,1H3. The highest BCUT2D eigenvalue weighted by Gasteiger charge is 2.01. The summed E-state index contributed by atoms with van der Waals surface area (Å²) >= 11 is 0. The van der Waals surface area contributed by atoms with Crippen LogP contribution in [0.5, 0.6) is 0 Å². The Bertz CT molecular complexity index is 465. The molecule has 102 valence electrons. The van der Waals surface area contributed by atoms with Gasteiger partial charge in [-0.3, -0.25) is 0 Å². The number of aliphatic hydroxyl groups is 1. The predicted molar refractivity (Wildman–Crippen MR) is 76.2 cm³/mol. The third kappa shape index (κ3) is 4.19. The van der Waals surface area contributed by atoms with Crippen LogP contribution in [0.15, 0.2) is 42.7 Å². The van der Waals surface area contributed by atoms with Crippen LogP contribution in [0.25, 0.3) is 5.69 Å². The Kier molecular flexibility index (Phi) is 5.12. The number of hydrogen-bond donors (Lipinski definition) is 2. The molecule has 19 heavy (non-hydrogen) atoms. The van der Waals surface area contributed by atoms with Gasteiger partial charge in [0.1, 0.15) is 0 Å². The van der Waals surface area contributed by atoms with Gasteiger partial charge in [-0.15, -0.1) is 0 Å². The van der Waals surface area contributed by atoms with Crippen LogP contribution in [0.3, 0.4) is 0 Å². The van der Waals surface area contributed by atoms with E-state index in [2.05, 4.69) is 41.6 Å². The molecule has 2 rings (SSSR count). The van der Waals surface area contributed by atoms with Crippen molar-refractivity contribution >= 4 is 0 Å². The zero-order valence-electron chi connectivity index (χ0n) is 11.3. The van der Waals surface area contributed by atoms with E-state index in [0.29, 0.717) is 6.04 Å². The first-order valence-corrected chi connectivity index (χ1v) is 6.73. The molecule has 0 amide bonds. The van der Waals surface area contributed by atoms with E-state index in [-0.39, 0.29) is 6.61 Å². The van der Waals surface area contributed by atoms with Crippen molar-refractivity contribution in [2.75, 3.05) is 6.61 Å². The fourth-order valence-electron chi connectivity index (χ4n) is 1.98. The van der Waals surface area contributed by atoms with Gasteiger partial charge in [-0.2, -0.15) is 5.10 Å². The molecule has 4 heteroatoms. The second-order valence-electron chi connectivity index (χ2n) is 4.76. The van der Waals surface area contributed by atoms with E-state index in [1.54, 1.807) is 6.20 Å². The molecule has 2 aromatic rings. The number of aliphatic hydroxyl groups excluding tert-OH is 1. The van der Waals surface area contributed by atoms with Crippen LogP contribution in [0.2, 0.25) is 0 Å². The summed E-state index contributed by atoms with van der Waals surface area (Å²) in [5, 5.41) is 16.4. The van der Waals surface area contributed by atoms with Gasteiger partial charge in [0.25, 0.3) is 0 Å². The maximum Gasteiger partial charge on any atom is 0.0645 e. The summed E-state index contributed by atoms with van der Waals surface area (Å²) in [4.78, 5) is 0. The number of nitrogens with zero attached hydrogens (tertiary/aromatic N) is 2. The Morgan fingerprint density at radius 2 is 2.11 bits per heavy atom. The summed E-state index contributed by atoms with van der Waals surface area (Å²) in [6.07, 6.45) is 5.57. The van der Waals surface area contributed by atoms with E-state index in [1.807, 2.05) is 16.9 Å². The Balaban J connectivity index is 1.85. The highest BCUT2D eigenvalue weighted by Crippen LogP contribution is 2.09. The maximum atomic E-state index is 8.79. The zero-order chi connectivity index (χ0) is 13.5. The van der Waals surface area contributed by atoms with Crippen molar-refractivity contribution in [3.05, 3.63) is 48.3 Å². The van der Waals surface area contributed by atoms with Gasteiger partial charge in [0.15, 0.2) is 0 Å². The van der Waals surface area contributed by atoms with Gasteiger partial charge in [0.2, 0.25) is 0 Å². The molecule has 0 aliphatic heterocycles. The molecule has 4 nitrogen and oxygen atoms in total. The van der Waals surface area contributed by atoms with Gasteiger partial charge in [-0.25, -0.2) is 4.68 Å². The van der Waals surface area contributed by atoms with Crippen molar-refractivity contribution < 1.29 is 5.11 Å². The number of rotatable bonds is 7. The van der Waals surface area contributed by atoms with Crippen LogP contribution in [0.4, 0.5) is 0 Å². The second-order valence-corrected chi connectivity index (χ2v) is 4.76.